The Morgan fingerprint density at radius 2 is 0.875 bits per heavy atom. The molecule has 0 heterocycles. The molecule has 0 spiro atoms. The molecule has 504 valence electrons. The zero-order valence-corrected chi connectivity index (χ0v) is 56.9. The first kappa shape index (κ1) is 81.3. The van der Waals surface area contributed by atoms with Crippen LogP contribution in [0, 0.1) is 41.4 Å². The topological polar surface area (TPSA) is 345 Å². The van der Waals surface area contributed by atoms with E-state index in [0.29, 0.717) is 0 Å². The van der Waals surface area contributed by atoms with Crippen LogP contribution in [0.2, 0.25) is 0 Å². The fourth-order valence-electron chi connectivity index (χ4n) is 10.3. The van der Waals surface area contributed by atoms with Gasteiger partial charge in [0.05, 0.1) is 12.6 Å². The molecule has 0 saturated heterocycles. The number of rotatable bonds is 38. The van der Waals surface area contributed by atoms with Crippen molar-refractivity contribution in [2.75, 3.05) is 55.9 Å². The fraction of sp³-hybridized carbons (Fsp3) is 0.774. The first-order chi connectivity index (χ1) is 40.5. The van der Waals surface area contributed by atoms with Crippen molar-refractivity contribution in [3.63, 3.8) is 0 Å². The number of carbonyl (C=O) groups excluding carboxylic acids is 10. The van der Waals surface area contributed by atoms with Crippen LogP contribution in [0.3, 0.4) is 0 Å². The second kappa shape index (κ2) is 38.0. The van der Waals surface area contributed by atoms with Crippen LogP contribution in [0.5, 0.6) is 0 Å². The smallest absolute Gasteiger partial charge is 0.327 e. The van der Waals surface area contributed by atoms with Crippen molar-refractivity contribution < 1.29 is 72.9 Å². The molecule has 12 atom stereocenters. The number of allylic oxidation sites excluding steroid dienone is 1. The first-order valence-corrected chi connectivity index (χ1v) is 30.8. The molecule has 10 amide bonds. The molecule has 26 nitrogen and oxygen atoms in total. The van der Waals surface area contributed by atoms with E-state index in [1.165, 1.54) is 88.9 Å². The van der Waals surface area contributed by atoms with Crippen molar-refractivity contribution in [3.05, 3.63) is 12.2 Å². The highest BCUT2D eigenvalue weighted by atomic mass is 16.4. The van der Waals surface area contributed by atoms with Crippen LogP contribution in [0.4, 0.5) is 0 Å². The number of aliphatic hydroxyl groups excluding tert-OH is 1. The number of aliphatic hydroxyl groups is 1. The molecule has 0 aliphatic carbocycles. The Bertz CT molecular complexity index is 2400. The maximum atomic E-state index is 14.6. The van der Waals surface area contributed by atoms with Crippen LogP contribution < -0.4 is 26.6 Å². The monoisotopic (exact) mass is 1250 g/mol. The minimum Gasteiger partial charge on any atom is -0.480 e. The highest BCUT2D eigenvalue weighted by molar-refractivity contribution is 5.98. The molecule has 0 aliphatic rings. The highest BCUT2D eigenvalue weighted by Crippen LogP contribution is 2.23. The average Bonchev–Trinajstić information content (AvgIpc) is 3.63. The maximum Gasteiger partial charge on any atom is 0.327 e. The number of hydrogen-bond acceptors (Lipinski definition) is 14. The number of likely N-dealkylation sites (N-methyl/N-ethyl adjacent to an activating group) is 7. The van der Waals surface area contributed by atoms with E-state index in [1.54, 1.807) is 41.5 Å². The summed E-state index contributed by atoms with van der Waals surface area (Å²) in [7, 11) is 9.90. The van der Waals surface area contributed by atoms with Crippen LogP contribution in [0.25, 0.3) is 0 Å². The standard InChI is InChI=1S/C62H111N11O15/c1-24-42(66-56(81)50(63-17)52(77)39(14)26-25-27-48(75)76)58(83)68(18)32-47(74)69(19)43(28-33(2)3)55(80)67-49(37(10)11)61(86)70(20)44(29-34(4)5)54(79)64-40(15)53(78)65-41(16)57(82)71(21)45(30-35(6)7)59(84)72(22)46(31-36(8)9)60(85)73(23)51(38(12)13)62(87)88/h25,27,33-46,49-52,63,77H,24,26,28-32H2,1-23H3,(H,64,79)(H,65,78)(H,66,81)(H,67,80)(H,75,76)(H,87,88)/b27-25+/t39-,40-,41-,42?,43+,44+,45+,46+,49+,50?,51+,52-/m1/s1. The van der Waals surface area contributed by atoms with E-state index in [0.717, 1.165) is 15.9 Å². The Hall–Kier alpha value is -6.70. The Labute approximate surface area is 523 Å². The summed E-state index contributed by atoms with van der Waals surface area (Å²) in [5.41, 5.74) is 0. The van der Waals surface area contributed by atoms with Crippen molar-refractivity contribution >= 4 is 71.0 Å². The lowest BCUT2D eigenvalue weighted by Crippen LogP contribution is -2.61. The summed E-state index contributed by atoms with van der Waals surface area (Å²) in [4.78, 5) is 171. The number of amides is 10. The van der Waals surface area contributed by atoms with Gasteiger partial charge in [-0.05, 0) is 101 Å². The lowest BCUT2D eigenvalue weighted by molar-refractivity contribution is -0.157. The second-order valence-electron chi connectivity index (χ2n) is 26.0. The average molecular weight is 1250 g/mol. The lowest BCUT2D eigenvalue weighted by Gasteiger charge is -2.39. The van der Waals surface area contributed by atoms with Gasteiger partial charge in [-0.3, -0.25) is 47.9 Å². The predicted octanol–water partition coefficient (Wildman–Crippen LogP) is 2.17. The lowest BCUT2D eigenvalue weighted by atomic mass is 9.94. The second-order valence-corrected chi connectivity index (χ2v) is 26.0. The van der Waals surface area contributed by atoms with Crippen LogP contribution in [0.15, 0.2) is 12.2 Å². The number of hydrogen-bond donors (Lipinski definition) is 8. The number of nitrogens with one attached hydrogen (secondary N) is 5. The Morgan fingerprint density at radius 3 is 1.30 bits per heavy atom. The van der Waals surface area contributed by atoms with Crippen molar-refractivity contribution in [1.29, 1.82) is 0 Å². The Morgan fingerprint density at radius 1 is 0.455 bits per heavy atom. The van der Waals surface area contributed by atoms with E-state index >= 15 is 0 Å². The number of carbonyl (C=O) groups is 12. The summed E-state index contributed by atoms with van der Waals surface area (Å²) in [5, 5.41) is 43.3. The van der Waals surface area contributed by atoms with Gasteiger partial charge in [0.1, 0.15) is 60.4 Å². The molecule has 26 heteroatoms. The van der Waals surface area contributed by atoms with Crippen LogP contribution in [-0.2, 0) is 57.5 Å². The normalized spacial score (nSPS) is 15.8. The number of carboxylic acid groups (broad SMARTS) is 2. The molecule has 0 aromatic heterocycles. The molecule has 8 N–H and O–H groups in total. The SMILES string of the molecule is CCC(NC(=O)C(NC)[C@H](O)[C@H](C)C/C=C/C(=O)O)C(=O)N(C)CC(=O)N(C)[C@@H](CC(C)C)C(=O)N[C@H](C(=O)N(C)[C@@H](CC(C)C)C(=O)N[C@H](C)C(=O)N[C@H](C)C(=O)N(C)[C@@H](CC(C)C)C(=O)N(C)[C@@H](CC(C)C)C(=O)N(C)[C@H](C(=O)O)C(C)C)C(C)C. The van der Waals surface area contributed by atoms with Crippen LogP contribution in [0.1, 0.15) is 149 Å². The predicted molar refractivity (Wildman–Crippen MR) is 334 cm³/mol. The molecule has 0 bridgehead atoms. The minimum atomic E-state index is -1.26. The molecule has 0 aromatic rings. The van der Waals surface area contributed by atoms with Crippen molar-refractivity contribution in [2.45, 2.75) is 216 Å². The number of carboxylic acids is 2. The van der Waals surface area contributed by atoms with E-state index < -0.39 is 162 Å². The highest BCUT2D eigenvalue weighted by Gasteiger charge is 2.42. The third kappa shape index (κ3) is 25.1. The van der Waals surface area contributed by atoms with E-state index in [-0.39, 0.29) is 62.2 Å². The molecule has 88 heavy (non-hydrogen) atoms. The van der Waals surface area contributed by atoms with Gasteiger partial charge in [0.15, 0.2) is 0 Å². The van der Waals surface area contributed by atoms with E-state index in [2.05, 4.69) is 26.6 Å². The molecular weight excluding hydrogens is 1140 g/mol. The van der Waals surface area contributed by atoms with Crippen molar-refractivity contribution in [2.24, 2.45) is 41.4 Å². The summed E-state index contributed by atoms with van der Waals surface area (Å²) < 4.78 is 0. The van der Waals surface area contributed by atoms with Gasteiger partial charge in [0, 0.05) is 48.4 Å². The number of nitrogens with zero attached hydrogens (tertiary/aromatic N) is 6. The Kier molecular flexibility index (Phi) is 35.1. The van der Waals surface area contributed by atoms with Gasteiger partial charge in [0.2, 0.25) is 59.1 Å². The zero-order valence-electron chi connectivity index (χ0n) is 56.9. The molecule has 0 aromatic carbocycles. The van der Waals surface area contributed by atoms with Gasteiger partial charge in [0.25, 0.3) is 0 Å². The van der Waals surface area contributed by atoms with Gasteiger partial charge in [-0.25, -0.2) is 9.59 Å². The van der Waals surface area contributed by atoms with Gasteiger partial charge in [-0.1, -0.05) is 103 Å². The van der Waals surface area contributed by atoms with Crippen LogP contribution >= 0.6 is 0 Å². The fourth-order valence-corrected chi connectivity index (χ4v) is 10.3. The Balaban J connectivity index is 6.50. The summed E-state index contributed by atoms with van der Waals surface area (Å²) >= 11 is 0. The van der Waals surface area contributed by atoms with Crippen LogP contribution in [-0.4, -0.2) is 238 Å². The summed E-state index contributed by atoms with van der Waals surface area (Å²) in [5.74, 6) is -10.9. The van der Waals surface area contributed by atoms with Crippen molar-refractivity contribution in [3.8, 4) is 0 Å². The molecule has 0 saturated carbocycles. The summed E-state index contributed by atoms with van der Waals surface area (Å²) in [6.07, 6.45) is 1.98. The number of aliphatic carboxylic acids is 2. The third-order valence-electron chi connectivity index (χ3n) is 15.7. The zero-order chi connectivity index (χ0) is 68.7. The van der Waals surface area contributed by atoms with Crippen molar-refractivity contribution in [1.82, 2.24) is 56.0 Å². The molecular formula is C62H111N11O15. The third-order valence-corrected chi connectivity index (χ3v) is 15.7. The molecule has 0 rings (SSSR count). The maximum absolute atomic E-state index is 14.6. The van der Waals surface area contributed by atoms with Gasteiger partial charge >= 0.3 is 11.9 Å². The van der Waals surface area contributed by atoms with Gasteiger partial charge in [-0.15, -0.1) is 0 Å². The molecule has 2 unspecified atom stereocenters. The minimum absolute atomic E-state index is 0.0800. The molecule has 0 fully saturated rings. The molecule has 0 radical (unpaired) electrons. The largest absolute Gasteiger partial charge is 0.480 e. The quantitative estimate of drug-likeness (QED) is 0.0411. The van der Waals surface area contributed by atoms with E-state index in [4.69, 9.17) is 5.11 Å². The van der Waals surface area contributed by atoms with Gasteiger partial charge < -0.3 is 71.3 Å². The van der Waals surface area contributed by atoms with Gasteiger partial charge in [-0.2, -0.15) is 0 Å². The first-order valence-electron chi connectivity index (χ1n) is 30.8. The summed E-state index contributed by atoms with van der Waals surface area (Å²) in [6, 6.07) is -11.6. The molecule has 0 aliphatic heterocycles. The van der Waals surface area contributed by atoms with E-state index in [9.17, 15) is 67.7 Å². The van der Waals surface area contributed by atoms with E-state index in [1.807, 2.05) is 55.4 Å². The summed E-state index contributed by atoms with van der Waals surface area (Å²) in [6.45, 7) is 27.2.